The molecule has 0 aromatic carbocycles. The minimum atomic E-state index is -0.679. The largest absolute Gasteiger partial charge is 0.346 e. The van der Waals surface area contributed by atoms with Gasteiger partial charge in [0, 0.05) is 12.5 Å². The van der Waals surface area contributed by atoms with Gasteiger partial charge in [-0.3, -0.25) is 0 Å². The lowest BCUT2D eigenvalue weighted by atomic mass is 10.0. The Morgan fingerprint density at radius 2 is 2.08 bits per heavy atom. The molecule has 3 atom stereocenters. The topological polar surface area (TPSA) is 21.7 Å². The maximum Gasteiger partial charge on any atom is 0.198 e. The lowest BCUT2D eigenvalue weighted by Crippen LogP contribution is -2.41. The summed E-state index contributed by atoms with van der Waals surface area (Å²) < 4.78 is 17.0. The molecule has 0 bridgehead atoms. The van der Waals surface area contributed by atoms with E-state index in [0.717, 1.165) is 6.42 Å². The van der Waals surface area contributed by atoms with Crippen molar-refractivity contribution in [3.05, 3.63) is 0 Å². The summed E-state index contributed by atoms with van der Waals surface area (Å²) in [5.41, 5.74) is 0. The Labute approximate surface area is 72.3 Å². The van der Waals surface area contributed by atoms with Gasteiger partial charge in [0.25, 0.3) is 0 Å². The fourth-order valence-corrected chi connectivity index (χ4v) is 1.55. The van der Waals surface area contributed by atoms with Gasteiger partial charge in [0.2, 0.25) is 0 Å². The average molecular weight is 177 g/mol. The Hall–Kier alpha value is -0.190. The third kappa shape index (κ3) is 2.40. The molecule has 0 aromatic heterocycles. The Kier molecular flexibility index (Phi) is 3.43. The van der Waals surface area contributed by atoms with Crippen LogP contribution in [0.5, 0.6) is 0 Å². The highest BCUT2D eigenvalue weighted by Gasteiger charge is 2.29. The molecule has 0 aromatic rings. The Balaban J connectivity index is 2.45. The highest BCUT2D eigenvalue weighted by Crippen LogP contribution is 2.22. The molecule has 1 aliphatic heterocycles. The monoisotopic (exact) mass is 177 g/mol. The van der Waals surface area contributed by atoms with Gasteiger partial charge in [-0.25, -0.2) is 0 Å². The van der Waals surface area contributed by atoms with Gasteiger partial charge in [-0.05, 0) is 32.0 Å². The fraction of sp³-hybridized carbons (Fsp3) is 1.00. The molecular weight excluding hydrogens is 161 g/mol. The summed E-state index contributed by atoms with van der Waals surface area (Å²) in [7, 11) is 3.97. The van der Waals surface area contributed by atoms with Crippen LogP contribution in [-0.2, 0) is 9.68 Å². The van der Waals surface area contributed by atoms with Crippen LogP contribution >= 0.6 is 0 Å². The molecule has 0 saturated carbocycles. The normalized spacial score (nSPS) is 37.2. The van der Waals surface area contributed by atoms with Crippen LogP contribution in [0.15, 0.2) is 0 Å². The van der Waals surface area contributed by atoms with Crippen molar-refractivity contribution in [2.75, 3.05) is 14.1 Å². The van der Waals surface area contributed by atoms with Crippen molar-refractivity contribution in [3.8, 4) is 0 Å². The van der Waals surface area contributed by atoms with E-state index in [9.17, 15) is 4.53 Å². The van der Waals surface area contributed by atoms with Crippen molar-refractivity contribution in [2.24, 2.45) is 0 Å². The van der Waals surface area contributed by atoms with E-state index in [0.29, 0.717) is 12.5 Å². The minimum absolute atomic E-state index is 0.0758. The van der Waals surface area contributed by atoms with Gasteiger partial charge in [-0.15, -0.1) is 0 Å². The summed E-state index contributed by atoms with van der Waals surface area (Å²) in [4.78, 5) is 5.77. The van der Waals surface area contributed by atoms with E-state index >= 15 is 0 Å². The van der Waals surface area contributed by atoms with E-state index in [1.807, 2.05) is 21.0 Å². The van der Waals surface area contributed by atoms with Crippen LogP contribution in [-0.4, -0.2) is 37.4 Å². The second-order valence-corrected chi connectivity index (χ2v) is 3.55. The average Bonchev–Trinajstić information content (AvgIpc) is 2.03. The Bertz CT molecular complexity index is 143. The first-order chi connectivity index (χ1) is 5.63. The molecule has 0 amide bonds. The Morgan fingerprint density at radius 3 is 2.58 bits per heavy atom. The first-order valence-electron chi connectivity index (χ1n) is 4.22. The quantitative estimate of drug-likeness (QED) is 0.635. The van der Waals surface area contributed by atoms with Crippen LogP contribution in [0.3, 0.4) is 0 Å². The van der Waals surface area contributed by atoms with Crippen LogP contribution in [0.1, 0.15) is 19.8 Å². The van der Waals surface area contributed by atoms with E-state index in [1.165, 1.54) is 0 Å². The number of hydrogen-bond acceptors (Lipinski definition) is 3. The number of ether oxygens (including phenoxy) is 1. The van der Waals surface area contributed by atoms with Gasteiger partial charge >= 0.3 is 0 Å². The molecule has 3 unspecified atom stereocenters. The van der Waals surface area contributed by atoms with Crippen LogP contribution in [0.2, 0.25) is 0 Å². The van der Waals surface area contributed by atoms with Crippen molar-refractivity contribution in [1.82, 2.24) is 4.90 Å². The summed E-state index contributed by atoms with van der Waals surface area (Å²) in [6.45, 7) is 1.93. The fourth-order valence-electron chi connectivity index (χ4n) is 1.55. The minimum Gasteiger partial charge on any atom is -0.346 e. The molecule has 4 heteroatoms. The molecule has 1 fully saturated rings. The molecule has 72 valence electrons. The molecule has 0 spiro atoms. The molecule has 0 aliphatic carbocycles. The maximum atomic E-state index is 11.8. The first kappa shape index (κ1) is 9.89. The highest BCUT2D eigenvalue weighted by atomic mass is 19.3. The predicted octanol–water partition coefficient (Wildman–Crippen LogP) is 1.34. The van der Waals surface area contributed by atoms with Gasteiger partial charge in [-0.2, -0.15) is 4.94 Å². The molecule has 1 heterocycles. The van der Waals surface area contributed by atoms with Crippen molar-refractivity contribution in [1.29, 1.82) is 0 Å². The molecule has 1 aliphatic rings. The summed E-state index contributed by atoms with van der Waals surface area (Å²) in [5, 5.41) is 0. The Morgan fingerprint density at radius 1 is 1.42 bits per heavy atom. The zero-order valence-electron chi connectivity index (χ0n) is 7.79. The number of nitrogens with zero attached hydrogens (tertiary/aromatic N) is 1. The molecule has 12 heavy (non-hydrogen) atoms. The highest BCUT2D eigenvalue weighted by molar-refractivity contribution is 4.76. The van der Waals surface area contributed by atoms with Crippen LogP contribution in [0, 0.1) is 0 Å². The summed E-state index contributed by atoms with van der Waals surface area (Å²) in [6, 6.07) is 0.356. The lowest BCUT2D eigenvalue weighted by Gasteiger charge is -2.34. The zero-order chi connectivity index (χ0) is 9.14. The van der Waals surface area contributed by atoms with E-state index in [-0.39, 0.29) is 6.10 Å². The van der Waals surface area contributed by atoms with Crippen LogP contribution in [0.4, 0.5) is 4.53 Å². The number of halogens is 1. The van der Waals surface area contributed by atoms with E-state index in [2.05, 4.69) is 9.84 Å². The van der Waals surface area contributed by atoms with Crippen molar-refractivity contribution < 1.29 is 14.2 Å². The molecule has 1 rings (SSSR count). The van der Waals surface area contributed by atoms with E-state index < -0.39 is 6.29 Å². The zero-order valence-corrected chi connectivity index (χ0v) is 7.79. The maximum absolute atomic E-state index is 11.8. The van der Waals surface area contributed by atoms with Crippen molar-refractivity contribution in [2.45, 2.75) is 38.2 Å². The predicted molar refractivity (Wildman–Crippen MR) is 43.2 cm³/mol. The second-order valence-electron chi connectivity index (χ2n) is 3.55. The molecule has 0 N–H and O–H groups in total. The van der Waals surface area contributed by atoms with Gasteiger partial charge in [-0.1, -0.05) is 0 Å². The molecule has 1 saturated heterocycles. The van der Waals surface area contributed by atoms with Crippen molar-refractivity contribution in [3.63, 3.8) is 0 Å². The van der Waals surface area contributed by atoms with E-state index in [4.69, 9.17) is 4.74 Å². The van der Waals surface area contributed by atoms with Crippen LogP contribution < -0.4 is 0 Å². The number of hydrogen-bond donors (Lipinski definition) is 0. The SMILES string of the molecule is CC1CC(N(C)C)CC(OF)O1. The van der Waals surface area contributed by atoms with Gasteiger partial charge < -0.3 is 9.64 Å². The summed E-state index contributed by atoms with van der Waals surface area (Å²) in [5.74, 6) is 0. The van der Waals surface area contributed by atoms with Crippen molar-refractivity contribution >= 4 is 0 Å². The molecular formula is C8H16FNO2. The van der Waals surface area contributed by atoms with E-state index in [1.54, 1.807) is 0 Å². The van der Waals surface area contributed by atoms with Crippen LogP contribution in [0.25, 0.3) is 0 Å². The third-order valence-corrected chi connectivity index (χ3v) is 2.28. The number of rotatable bonds is 2. The van der Waals surface area contributed by atoms with Gasteiger partial charge in [0.05, 0.1) is 6.10 Å². The smallest absolute Gasteiger partial charge is 0.198 e. The molecule has 0 radical (unpaired) electrons. The summed E-state index contributed by atoms with van der Waals surface area (Å²) >= 11 is 0. The summed E-state index contributed by atoms with van der Waals surface area (Å²) in [6.07, 6.45) is 0.939. The lowest BCUT2D eigenvalue weighted by molar-refractivity contribution is -0.304. The third-order valence-electron chi connectivity index (χ3n) is 2.28. The first-order valence-corrected chi connectivity index (χ1v) is 4.22. The molecule has 3 nitrogen and oxygen atoms in total. The second kappa shape index (κ2) is 4.16. The standard InChI is InChI=1S/C8H16FNO2/c1-6-4-7(10(2)3)5-8(11-6)12-9/h6-8H,4-5H2,1-3H3. The van der Waals surface area contributed by atoms with Gasteiger partial charge in [0.15, 0.2) is 6.29 Å². The van der Waals surface area contributed by atoms with Gasteiger partial charge in [0.1, 0.15) is 0 Å².